The summed E-state index contributed by atoms with van der Waals surface area (Å²) in [6.45, 7) is 5.11. The molecule has 0 saturated carbocycles. The summed E-state index contributed by atoms with van der Waals surface area (Å²) >= 11 is 7.91. The van der Waals surface area contributed by atoms with Crippen LogP contribution in [0.25, 0.3) is 0 Å². The largest absolute Gasteiger partial charge is 0.349 e. The van der Waals surface area contributed by atoms with E-state index < -0.39 is 0 Å². The van der Waals surface area contributed by atoms with Crippen molar-refractivity contribution in [1.82, 2.24) is 10.6 Å². The Bertz CT molecular complexity index is 493. The van der Waals surface area contributed by atoms with E-state index in [9.17, 15) is 4.79 Å². The highest BCUT2D eigenvalue weighted by Gasteiger charge is 2.22. The average molecular weight is 327 g/mol. The maximum absolute atomic E-state index is 12.1. The summed E-state index contributed by atoms with van der Waals surface area (Å²) in [7, 11) is 0. The molecule has 2 N–H and O–H groups in total. The zero-order chi connectivity index (χ0) is 15.2. The fraction of sp³-hybridized carbons (Fsp3) is 0.562. The first-order valence-electron chi connectivity index (χ1n) is 7.51. The van der Waals surface area contributed by atoms with Crippen LogP contribution in [0.1, 0.15) is 44.7 Å². The molecule has 1 heterocycles. The van der Waals surface area contributed by atoms with Gasteiger partial charge in [0.15, 0.2) is 0 Å². The van der Waals surface area contributed by atoms with E-state index in [2.05, 4.69) is 24.5 Å². The van der Waals surface area contributed by atoms with Crippen LogP contribution in [0.2, 0.25) is 5.02 Å². The predicted octanol–water partition coefficient (Wildman–Crippen LogP) is 3.77. The molecular weight excluding hydrogens is 304 g/mol. The molecule has 1 aromatic rings. The van der Waals surface area contributed by atoms with Gasteiger partial charge in [-0.2, -0.15) is 0 Å². The number of halogens is 1. The highest BCUT2D eigenvalue weighted by atomic mass is 35.5. The van der Waals surface area contributed by atoms with Crippen molar-refractivity contribution >= 4 is 29.3 Å². The second-order valence-electron chi connectivity index (χ2n) is 5.65. The number of carbonyl (C=O) groups excluding carboxylic acids is 1. The fourth-order valence-corrected chi connectivity index (χ4v) is 3.71. The maximum atomic E-state index is 12.1. The monoisotopic (exact) mass is 326 g/mol. The number of hydrogen-bond acceptors (Lipinski definition) is 3. The third-order valence-corrected chi connectivity index (χ3v) is 4.84. The van der Waals surface area contributed by atoms with Crippen molar-refractivity contribution < 1.29 is 4.79 Å². The Kier molecular flexibility index (Phi) is 6.40. The lowest BCUT2D eigenvalue weighted by molar-refractivity contribution is -0.122. The van der Waals surface area contributed by atoms with Crippen LogP contribution in [-0.2, 0) is 4.79 Å². The molecule has 3 nitrogen and oxygen atoms in total. The molecule has 21 heavy (non-hydrogen) atoms. The van der Waals surface area contributed by atoms with Crippen LogP contribution >= 0.6 is 23.4 Å². The number of carbonyl (C=O) groups is 1. The fourth-order valence-electron chi connectivity index (χ4n) is 2.42. The quantitative estimate of drug-likeness (QED) is 0.782. The number of hydrogen-bond donors (Lipinski definition) is 2. The third kappa shape index (κ3) is 5.20. The first-order valence-corrected chi connectivity index (χ1v) is 8.87. The Morgan fingerprint density at radius 3 is 3.05 bits per heavy atom. The number of amides is 1. The molecule has 0 aromatic heterocycles. The van der Waals surface area contributed by atoms with Gasteiger partial charge in [0.1, 0.15) is 0 Å². The second-order valence-corrected chi connectivity index (χ2v) is 7.22. The molecule has 1 aromatic carbocycles. The number of rotatable bonds is 6. The number of thioether (sulfide) groups is 1. The van der Waals surface area contributed by atoms with Gasteiger partial charge in [-0.1, -0.05) is 25.4 Å². The van der Waals surface area contributed by atoms with Crippen molar-refractivity contribution in [2.75, 3.05) is 12.3 Å². The van der Waals surface area contributed by atoms with Gasteiger partial charge in [0.2, 0.25) is 5.91 Å². The van der Waals surface area contributed by atoms with Crippen LogP contribution in [-0.4, -0.2) is 24.2 Å². The Labute approximate surface area is 136 Å². The molecular formula is C16H23ClN2OS. The lowest BCUT2D eigenvalue weighted by atomic mass is 10.0. The molecule has 1 amide bonds. The third-order valence-electron chi connectivity index (χ3n) is 3.48. The van der Waals surface area contributed by atoms with Crippen LogP contribution in [0.15, 0.2) is 23.1 Å². The van der Waals surface area contributed by atoms with E-state index in [1.165, 1.54) is 4.90 Å². The van der Waals surface area contributed by atoms with Crippen molar-refractivity contribution in [3.63, 3.8) is 0 Å². The Morgan fingerprint density at radius 2 is 2.29 bits per heavy atom. The Balaban J connectivity index is 1.86. The summed E-state index contributed by atoms with van der Waals surface area (Å²) in [5.74, 6) is 1.16. The molecule has 0 fully saturated rings. The van der Waals surface area contributed by atoms with Crippen molar-refractivity contribution in [1.29, 1.82) is 0 Å². The van der Waals surface area contributed by atoms with Crippen molar-refractivity contribution in [2.45, 2.75) is 50.1 Å². The van der Waals surface area contributed by atoms with Crippen LogP contribution in [0, 0.1) is 0 Å². The first-order chi connectivity index (χ1) is 10.1. The second kappa shape index (κ2) is 8.06. The molecule has 1 unspecified atom stereocenters. The first kappa shape index (κ1) is 16.7. The zero-order valence-electron chi connectivity index (χ0n) is 12.6. The summed E-state index contributed by atoms with van der Waals surface area (Å²) in [6.07, 6.45) is 2.40. The molecule has 2 rings (SSSR count). The molecule has 0 radical (unpaired) electrons. The van der Waals surface area contributed by atoms with Gasteiger partial charge in [-0.25, -0.2) is 0 Å². The smallest absolute Gasteiger partial charge is 0.220 e. The normalized spacial score (nSPS) is 17.6. The molecule has 116 valence electrons. The maximum Gasteiger partial charge on any atom is 0.220 e. The van der Waals surface area contributed by atoms with Crippen molar-refractivity contribution in [3.8, 4) is 0 Å². The van der Waals surface area contributed by atoms with Gasteiger partial charge in [-0.05, 0) is 43.1 Å². The summed E-state index contributed by atoms with van der Waals surface area (Å²) in [5, 5.41) is 7.21. The SMILES string of the molecule is CC(C)NCCCC(=O)NC1CCSc2ccc(Cl)cc21. The van der Waals surface area contributed by atoms with Gasteiger partial charge in [0, 0.05) is 28.1 Å². The summed E-state index contributed by atoms with van der Waals surface area (Å²) in [4.78, 5) is 13.3. The molecule has 1 aliphatic heterocycles. The Morgan fingerprint density at radius 1 is 1.48 bits per heavy atom. The van der Waals surface area contributed by atoms with E-state index in [4.69, 9.17) is 11.6 Å². The minimum Gasteiger partial charge on any atom is -0.349 e. The van der Waals surface area contributed by atoms with Crippen molar-refractivity contribution in [3.05, 3.63) is 28.8 Å². The van der Waals surface area contributed by atoms with E-state index in [0.29, 0.717) is 12.5 Å². The zero-order valence-corrected chi connectivity index (χ0v) is 14.2. The summed E-state index contributed by atoms with van der Waals surface area (Å²) in [5.41, 5.74) is 1.16. The molecule has 1 atom stereocenters. The minimum atomic E-state index is 0.102. The highest BCUT2D eigenvalue weighted by molar-refractivity contribution is 7.99. The van der Waals surface area contributed by atoms with E-state index in [1.807, 2.05) is 30.0 Å². The molecule has 0 saturated heterocycles. The molecule has 0 aliphatic carbocycles. The van der Waals surface area contributed by atoms with Gasteiger partial charge in [-0.15, -0.1) is 11.8 Å². The van der Waals surface area contributed by atoms with Crippen LogP contribution in [0.3, 0.4) is 0 Å². The highest BCUT2D eigenvalue weighted by Crippen LogP contribution is 2.37. The van der Waals surface area contributed by atoms with Crippen molar-refractivity contribution in [2.24, 2.45) is 0 Å². The minimum absolute atomic E-state index is 0.102. The van der Waals surface area contributed by atoms with E-state index in [-0.39, 0.29) is 11.9 Å². The number of benzene rings is 1. The number of fused-ring (bicyclic) bond motifs is 1. The molecule has 1 aliphatic rings. The van der Waals surface area contributed by atoms with Gasteiger partial charge >= 0.3 is 0 Å². The predicted molar refractivity (Wildman–Crippen MR) is 90.0 cm³/mol. The summed E-state index contributed by atoms with van der Waals surface area (Å²) in [6, 6.07) is 6.51. The van der Waals surface area contributed by atoms with Gasteiger partial charge in [-0.3, -0.25) is 4.79 Å². The lowest BCUT2D eigenvalue weighted by Crippen LogP contribution is -2.31. The molecule has 0 bridgehead atoms. The standard InChI is InChI=1S/C16H23ClN2OS/c1-11(2)18-8-3-4-16(20)19-14-7-9-21-15-6-5-12(17)10-13(14)15/h5-6,10-11,14,18H,3-4,7-9H2,1-2H3,(H,19,20). The van der Waals surface area contributed by atoms with Crippen LogP contribution in [0.4, 0.5) is 0 Å². The molecule has 5 heteroatoms. The van der Waals surface area contributed by atoms with Crippen LogP contribution in [0.5, 0.6) is 0 Å². The van der Waals surface area contributed by atoms with Gasteiger partial charge in [0.05, 0.1) is 6.04 Å². The molecule has 0 spiro atoms. The Hall–Kier alpha value is -0.710. The average Bonchev–Trinajstić information content (AvgIpc) is 2.44. The lowest BCUT2D eigenvalue weighted by Gasteiger charge is -2.26. The summed E-state index contributed by atoms with van der Waals surface area (Å²) < 4.78 is 0. The van der Waals surface area contributed by atoms with E-state index in [0.717, 1.165) is 35.7 Å². The van der Waals surface area contributed by atoms with E-state index in [1.54, 1.807) is 0 Å². The topological polar surface area (TPSA) is 41.1 Å². The van der Waals surface area contributed by atoms with Gasteiger partial charge < -0.3 is 10.6 Å². The van der Waals surface area contributed by atoms with E-state index >= 15 is 0 Å². The number of nitrogens with one attached hydrogen (secondary N) is 2. The van der Waals surface area contributed by atoms with Crippen LogP contribution < -0.4 is 10.6 Å². The van der Waals surface area contributed by atoms with Gasteiger partial charge in [0.25, 0.3) is 0 Å².